The summed E-state index contributed by atoms with van der Waals surface area (Å²) in [4.78, 5) is 27.3. The zero-order chi connectivity index (χ0) is 20.4. The quantitative estimate of drug-likeness (QED) is 0.626. The van der Waals surface area contributed by atoms with Gasteiger partial charge in [0.25, 0.3) is 11.8 Å². The third kappa shape index (κ3) is 4.24. The first-order valence-corrected chi connectivity index (χ1v) is 10.3. The number of halogens is 2. The largest absolute Gasteiger partial charge is 0.349 e. The summed E-state index contributed by atoms with van der Waals surface area (Å²) in [5.41, 5.74) is 1.20. The van der Waals surface area contributed by atoms with Gasteiger partial charge in [0.05, 0.1) is 10.0 Å². The number of hydrogen-bond acceptors (Lipinski definition) is 2. The van der Waals surface area contributed by atoms with Crippen molar-refractivity contribution in [3.05, 3.63) is 81.8 Å². The number of carbonyl (C=O) groups excluding carboxylic acids is 2. The van der Waals surface area contributed by atoms with Crippen LogP contribution in [0.2, 0.25) is 10.0 Å². The third-order valence-corrected chi connectivity index (χ3v) is 6.06. The van der Waals surface area contributed by atoms with Crippen molar-refractivity contribution >= 4 is 45.8 Å². The minimum absolute atomic E-state index is 0.0410. The van der Waals surface area contributed by atoms with Crippen molar-refractivity contribution in [2.75, 3.05) is 13.1 Å². The molecule has 4 nitrogen and oxygen atoms in total. The number of piperidine rings is 1. The van der Waals surface area contributed by atoms with Crippen LogP contribution < -0.4 is 5.32 Å². The van der Waals surface area contributed by atoms with Crippen molar-refractivity contribution in [1.29, 1.82) is 0 Å². The van der Waals surface area contributed by atoms with E-state index in [4.69, 9.17) is 23.2 Å². The van der Waals surface area contributed by atoms with Crippen molar-refractivity contribution < 1.29 is 9.59 Å². The molecule has 0 atom stereocenters. The van der Waals surface area contributed by atoms with Crippen molar-refractivity contribution in [3.63, 3.8) is 0 Å². The van der Waals surface area contributed by atoms with E-state index in [-0.39, 0.29) is 17.9 Å². The van der Waals surface area contributed by atoms with Gasteiger partial charge in [-0.1, -0.05) is 59.6 Å². The molecule has 1 saturated heterocycles. The number of nitrogens with zero attached hydrogens (tertiary/aromatic N) is 1. The Kier molecular flexibility index (Phi) is 5.74. The Morgan fingerprint density at radius 2 is 1.62 bits per heavy atom. The van der Waals surface area contributed by atoms with E-state index >= 15 is 0 Å². The highest BCUT2D eigenvalue weighted by molar-refractivity contribution is 6.42. The maximum Gasteiger partial charge on any atom is 0.253 e. The van der Waals surface area contributed by atoms with Gasteiger partial charge < -0.3 is 10.2 Å². The number of carbonyl (C=O) groups is 2. The summed E-state index contributed by atoms with van der Waals surface area (Å²) in [6, 6.07) is 18.6. The molecular formula is C23H20Cl2N2O2. The molecule has 0 bridgehead atoms. The molecule has 3 aromatic rings. The smallest absolute Gasteiger partial charge is 0.253 e. The molecule has 0 radical (unpaired) electrons. The van der Waals surface area contributed by atoms with E-state index in [2.05, 4.69) is 5.32 Å². The third-order valence-electron chi connectivity index (χ3n) is 5.32. The van der Waals surface area contributed by atoms with Crippen LogP contribution in [0.5, 0.6) is 0 Å². The standard InChI is InChI=1S/C23H20Cl2N2O2/c24-20-9-8-16(14-21(20)25)23(29)27-12-10-17(11-13-27)26-22(28)19-7-3-5-15-4-1-2-6-18(15)19/h1-9,14,17H,10-13H2,(H,26,28). The zero-order valence-electron chi connectivity index (χ0n) is 15.7. The number of hydrogen-bond donors (Lipinski definition) is 1. The summed E-state index contributed by atoms with van der Waals surface area (Å²) in [7, 11) is 0. The molecule has 0 aromatic heterocycles. The highest BCUT2D eigenvalue weighted by Gasteiger charge is 2.25. The molecule has 1 aliphatic heterocycles. The van der Waals surface area contributed by atoms with Gasteiger partial charge in [-0.2, -0.15) is 0 Å². The fourth-order valence-corrected chi connectivity index (χ4v) is 4.02. The minimum Gasteiger partial charge on any atom is -0.349 e. The molecule has 2 amide bonds. The van der Waals surface area contributed by atoms with Crippen molar-refractivity contribution in [3.8, 4) is 0 Å². The lowest BCUT2D eigenvalue weighted by Crippen LogP contribution is -2.46. The van der Waals surface area contributed by atoms with Gasteiger partial charge in [-0.25, -0.2) is 0 Å². The predicted molar refractivity (Wildman–Crippen MR) is 117 cm³/mol. The van der Waals surface area contributed by atoms with Crippen molar-refractivity contribution in [1.82, 2.24) is 10.2 Å². The normalized spacial score (nSPS) is 14.8. The number of benzene rings is 3. The summed E-state index contributed by atoms with van der Waals surface area (Å²) in [6.07, 6.45) is 1.42. The maximum absolute atomic E-state index is 12.8. The molecule has 3 aromatic carbocycles. The number of likely N-dealkylation sites (tertiary alicyclic amines) is 1. The van der Waals surface area contributed by atoms with E-state index in [1.807, 2.05) is 42.5 Å². The molecule has 148 valence electrons. The molecule has 1 aliphatic rings. The van der Waals surface area contributed by atoms with Gasteiger partial charge in [0, 0.05) is 30.3 Å². The van der Waals surface area contributed by atoms with E-state index in [1.54, 1.807) is 23.1 Å². The molecule has 6 heteroatoms. The van der Waals surface area contributed by atoms with Crippen LogP contribution in [-0.2, 0) is 0 Å². The van der Waals surface area contributed by atoms with Gasteiger partial charge in [0.2, 0.25) is 0 Å². The monoisotopic (exact) mass is 426 g/mol. The highest BCUT2D eigenvalue weighted by atomic mass is 35.5. The first-order valence-electron chi connectivity index (χ1n) is 9.56. The Balaban J connectivity index is 1.39. The SMILES string of the molecule is O=C(NC1CCN(C(=O)c2ccc(Cl)c(Cl)c2)CC1)c1cccc2ccccc12. The van der Waals surface area contributed by atoms with Crippen LogP contribution in [0, 0.1) is 0 Å². The van der Waals surface area contributed by atoms with Gasteiger partial charge in [-0.3, -0.25) is 9.59 Å². The summed E-state index contributed by atoms with van der Waals surface area (Å²) < 4.78 is 0. The average Bonchev–Trinajstić information content (AvgIpc) is 2.75. The Labute approximate surface area is 179 Å². The first-order chi connectivity index (χ1) is 14.0. The average molecular weight is 427 g/mol. The molecule has 1 N–H and O–H groups in total. The summed E-state index contributed by atoms with van der Waals surface area (Å²) in [5.74, 6) is -0.140. The molecule has 0 unspecified atom stereocenters. The zero-order valence-corrected chi connectivity index (χ0v) is 17.2. The van der Waals surface area contributed by atoms with E-state index in [1.165, 1.54) is 0 Å². The molecule has 0 aliphatic carbocycles. The highest BCUT2D eigenvalue weighted by Crippen LogP contribution is 2.24. The van der Waals surface area contributed by atoms with Crippen LogP contribution in [0.4, 0.5) is 0 Å². The molecule has 0 saturated carbocycles. The summed E-state index contributed by atoms with van der Waals surface area (Å²) in [6.45, 7) is 1.17. The van der Waals surface area contributed by atoms with Gasteiger partial charge >= 0.3 is 0 Å². The van der Waals surface area contributed by atoms with E-state index in [0.717, 1.165) is 10.8 Å². The van der Waals surface area contributed by atoms with Crippen LogP contribution >= 0.6 is 23.2 Å². The van der Waals surface area contributed by atoms with Crippen LogP contribution in [0.3, 0.4) is 0 Å². The first kappa shape index (κ1) is 19.7. The fraction of sp³-hybridized carbons (Fsp3) is 0.217. The van der Waals surface area contributed by atoms with Crippen LogP contribution in [0.15, 0.2) is 60.7 Å². The lowest BCUT2D eigenvalue weighted by molar-refractivity contribution is 0.0698. The number of fused-ring (bicyclic) bond motifs is 1. The van der Waals surface area contributed by atoms with Crippen LogP contribution in [-0.4, -0.2) is 35.8 Å². The second-order valence-electron chi connectivity index (χ2n) is 7.20. The lowest BCUT2D eigenvalue weighted by Gasteiger charge is -2.32. The van der Waals surface area contributed by atoms with Crippen molar-refractivity contribution in [2.24, 2.45) is 0 Å². The van der Waals surface area contributed by atoms with Crippen LogP contribution in [0.25, 0.3) is 10.8 Å². The Morgan fingerprint density at radius 3 is 2.38 bits per heavy atom. The molecule has 1 heterocycles. The second-order valence-corrected chi connectivity index (χ2v) is 8.01. The fourth-order valence-electron chi connectivity index (χ4n) is 3.73. The minimum atomic E-state index is -0.0731. The molecule has 29 heavy (non-hydrogen) atoms. The van der Waals surface area contributed by atoms with Gasteiger partial charge in [0.1, 0.15) is 0 Å². The Bertz CT molecular complexity index is 1070. The number of nitrogens with one attached hydrogen (secondary N) is 1. The Morgan fingerprint density at radius 1 is 0.897 bits per heavy atom. The van der Waals surface area contributed by atoms with E-state index < -0.39 is 0 Å². The van der Waals surface area contributed by atoms with Gasteiger partial charge in [-0.15, -0.1) is 0 Å². The summed E-state index contributed by atoms with van der Waals surface area (Å²) in [5, 5.41) is 5.91. The molecular weight excluding hydrogens is 407 g/mol. The van der Waals surface area contributed by atoms with Crippen LogP contribution in [0.1, 0.15) is 33.6 Å². The predicted octanol–water partition coefficient (Wildman–Crippen LogP) is 5.18. The van der Waals surface area contributed by atoms with Gasteiger partial charge in [-0.05, 0) is 47.9 Å². The topological polar surface area (TPSA) is 49.4 Å². The van der Waals surface area contributed by atoms with E-state index in [9.17, 15) is 9.59 Å². The molecule has 0 spiro atoms. The molecule has 4 rings (SSSR count). The second kappa shape index (κ2) is 8.44. The molecule has 1 fully saturated rings. The lowest BCUT2D eigenvalue weighted by atomic mass is 10.0. The Hall–Kier alpha value is -2.56. The number of amides is 2. The summed E-state index contributed by atoms with van der Waals surface area (Å²) >= 11 is 12.0. The van der Waals surface area contributed by atoms with Gasteiger partial charge in [0.15, 0.2) is 0 Å². The van der Waals surface area contributed by atoms with E-state index in [0.29, 0.717) is 47.1 Å². The number of rotatable bonds is 3. The maximum atomic E-state index is 12.8. The van der Waals surface area contributed by atoms with Crippen molar-refractivity contribution in [2.45, 2.75) is 18.9 Å².